The minimum Gasteiger partial charge on any atom is -0.393 e. The number of benzene rings is 1. The lowest BCUT2D eigenvalue weighted by Gasteiger charge is -2.23. The molecule has 0 spiro atoms. The van der Waals surface area contributed by atoms with Crippen molar-refractivity contribution in [1.29, 1.82) is 0 Å². The standard InChI is InChI=1S/C13H20N2OS/c1-9-4-5-11(13(14)17)12(8-9)15(3)7-6-10(2)16/h4-5,8,10,16H,6-7H2,1-3H3,(H2,14,17). The maximum atomic E-state index is 9.30. The molecule has 3 N–H and O–H groups in total. The fourth-order valence-corrected chi connectivity index (χ4v) is 1.84. The summed E-state index contributed by atoms with van der Waals surface area (Å²) in [6, 6.07) is 6.02. The van der Waals surface area contributed by atoms with Crippen molar-refractivity contribution in [3.63, 3.8) is 0 Å². The van der Waals surface area contributed by atoms with Crippen LogP contribution in [0.2, 0.25) is 0 Å². The first-order chi connectivity index (χ1) is 7.91. The monoisotopic (exact) mass is 252 g/mol. The molecule has 0 saturated heterocycles. The van der Waals surface area contributed by atoms with Gasteiger partial charge in [-0.2, -0.15) is 0 Å². The number of hydrogen-bond donors (Lipinski definition) is 2. The molecular weight excluding hydrogens is 232 g/mol. The second-order valence-electron chi connectivity index (χ2n) is 4.44. The maximum absolute atomic E-state index is 9.30. The Labute approximate surface area is 108 Å². The van der Waals surface area contributed by atoms with Crippen LogP contribution in [0, 0.1) is 6.92 Å². The van der Waals surface area contributed by atoms with Gasteiger partial charge in [0.05, 0.1) is 6.10 Å². The van der Waals surface area contributed by atoms with Gasteiger partial charge in [-0.3, -0.25) is 0 Å². The van der Waals surface area contributed by atoms with Crippen LogP contribution in [0.15, 0.2) is 18.2 Å². The predicted molar refractivity (Wildman–Crippen MR) is 76.6 cm³/mol. The van der Waals surface area contributed by atoms with Gasteiger partial charge in [-0.25, -0.2) is 0 Å². The summed E-state index contributed by atoms with van der Waals surface area (Å²) in [7, 11) is 1.99. The zero-order valence-corrected chi connectivity index (χ0v) is 11.4. The molecule has 0 aromatic heterocycles. The molecule has 0 amide bonds. The number of thiocarbonyl (C=S) groups is 1. The largest absolute Gasteiger partial charge is 0.393 e. The highest BCUT2D eigenvalue weighted by Crippen LogP contribution is 2.21. The molecule has 4 heteroatoms. The summed E-state index contributed by atoms with van der Waals surface area (Å²) < 4.78 is 0. The lowest BCUT2D eigenvalue weighted by molar-refractivity contribution is 0.187. The fourth-order valence-electron chi connectivity index (χ4n) is 1.67. The molecule has 0 aliphatic rings. The van der Waals surface area contributed by atoms with Gasteiger partial charge in [-0.1, -0.05) is 18.3 Å². The number of aliphatic hydroxyl groups is 1. The van der Waals surface area contributed by atoms with Gasteiger partial charge in [0.2, 0.25) is 0 Å². The van der Waals surface area contributed by atoms with Crippen LogP contribution in [0.3, 0.4) is 0 Å². The molecule has 0 fully saturated rings. The van der Waals surface area contributed by atoms with E-state index < -0.39 is 0 Å². The molecule has 1 unspecified atom stereocenters. The molecule has 1 atom stereocenters. The van der Waals surface area contributed by atoms with Crippen molar-refractivity contribution in [1.82, 2.24) is 0 Å². The van der Waals surface area contributed by atoms with E-state index in [4.69, 9.17) is 18.0 Å². The number of nitrogens with two attached hydrogens (primary N) is 1. The Kier molecular flexibility index (Phi) is 4.90. The summed E-state index contributed by atoms with van der Waals surface area (Å²) >= 11 is 5.05. The lowest BCUT2D eigenvalue weighted by Crippen LogP contribution is -2.25. The van der Waals surface area contributed by atoms with Gasteiger partial charge in [0, 0.05) is 24.8 Å². The van der Waals surface area contributed by atoms with Gasteiger partial charge >= 0.3 is 0 Å². The molecular formula is C13H20N2OS. The van der Waals surface area contributed by atoms with E-state index in [-0.39, 0.29) is 6.10 Å². The van der Waals surface area contributed by atoms with Gasteiger partial charge in [0.1, 0.15) is 4.99 Å². The minimum absolute atomic E-state index is 0.296. The maximum Gasteiger partial charge on any atom is 0.106 e. The highest BCUT2D eigenvalue weighted by molar-refractivity contribution is 7.80. The topological polar surface area (TPSA) is 49.5 Å². The number of rotatable bonds is 5. The number of anilines is 1. The molecule has 0 bridgehead atoms. The summed E-state index contributed by atoms with van der Waals surface area (Å²) in [5.41, 5.74) is 8.80. The Morgan fingerprint density at radius 2 is 2.18 bits per heavy atom. The van der Waals surface area contributed by atoms with Crippen LogP contribution in [0.1, 0.15) is 24.5 Å². The van der Waals surface area contributed by atoms with E-state index in [2.05, 4.69) is 11.0 Å². The van der Waals surface area contributed by atoms with Gasteiger partial charge in [-0.05, 0) is 38.0 Å². The molecule has 1 rings (SSSR count). The predicted octanol–water partition coefficient (Wildman–Crippen LogP) is 1.84. The highest BCUT2D eigenvalue weighted by Gasteiger charge is 2.10. The molecule has 0 aliphatic heterocycles. The molecule has 0 saturated carbocycles. The number of aliphatic hydroxyl groups excluding tert-OH is 1. The van der Waals surface area contributed by atoms with Crippen LogP contribution in [-0.2, 0) is 0 Å². The number of hydrogen-bond acceptors (Lipinski definition) is 3. The summed E-state index contributed by atoms with van der Waals surface area (Å²) in [5.74, 6) is 0. The third-order valence-electron chi connectivity index (χ3n) is 2.71. The zero-order chi connectivity index (χ0) is 13.0. The number of aryl methyl sites for hydroxylation is 1. The van der Waals surface area contributed by atoms with Crippen molar-refractivity contribution in [2.45, 2.75) is 26.4 Å². The Hall–Kier alpha value is -1.13. The molecule has 0 aliphatic carbocycles. The van der Waals surface area contributed by atoms with E-state index in [0.717, 1.165) is 24.2 Å². The summed E-state index contributed by atoms with van der Waals surface area (Å²) in [4.78, 5) is 2.48. The van der Waals surface area contributed by atoms with E-state index >= 15 is 0 Å². The Morgan fingerprint density at radius 3 is 2.71 bits per heavy atom. The molecule has 1 aromatic rings. The highest BCUT2D eigenvalue weighted by atomic mass is 32.1. The molecule has 17 heavy (non-hydrogen) atoms. The second-order valence-corrected chi connectivity index (χ2v) is 4.88. The summed E-state index contributed by atoms with van der Waals surface area (Å²) in [6.07, 6.45) is 0.428. The first-order valence-corrected chi connectivity index (χ1v) is 6.12. The van der Waals surface area contributed by atoms with E-state index in [1.54, 1.807) is 6.92 Å². The zero-order valence-electron chi connectivity index (χ0n) is 10.6. The van der Waals surface area contributed by atoms with Crippen LogP contribution < -0.4 is 10.6 Å². The van der Waals surface area contributed by atoms with E-state index in [0.29, 0.717) is 4.99 Å². The normalized spacial score (nSPS) is 12.2. The third-order valence-corrected chi connectivity index (χ3v) is 2.93. The van der Waals surface area contributed by atoms with Crippen molar-refractivity contribution in [2.75, 3.05) is 18.5 Å². The van der Waals surface area contributed by atoms with Crippen molar-refractivity contribution in [3.05, 3.63) is 29.3 Å². The smallest absolute Gasteiger partial charge is 0.106 e. The first-order valence-electron chi connectivity index (χ1n) is 5.71. The molecule has 0 radical (unpaired) electrons. The van der Waals surface area contributed by atoms with Crippen LogP contribution in [-0.4, -0.2) is 29.8 Å². The van der Waals surface area contributed by atoms with E-state index in [9.17, 15) is 5.11 Å². The van der Waals surface area contributed by atoms with Crippen molar-refractivity contribution < 1.29 is 5.11 Å². The van der Waals surface area contributed by atoms with Gasteiger partial charge in [0.25, 0.3) is 0 Å². The quantitative estimate of drug-likeness (QED) is 0.785. The van der Waals surface area contributed by atoms with Crippen molar-refractivity contribution >= 4 is 22.9 Å². The third kappa shape index (κ3) is 3.98. The fraction of sp³-hybridized carbons (Fsp3) is 0.462. The van der Waals surface area contributed by atoms with Crippen LogP contribution in [0.25, 0.3) is 0 Å². The molecule has 0 heterocycles. The summed E-state index contributed by atoms with van der Waals surface area (Å²) in [6.45, 7) is 4.60. The van der Waals surface area contributed by atoms with E-state index in [1.165, 1.54) is 5.56 Å². The second kappa shape index (κ2) is 5.98. The molecule has 94 valence electrons. The van der Waals surface area contributed by atoms with Crippen LogP contribution >= 0.6 is 12.2 Å². The Morgan fingerprint density at radius 1 is 1.53 bits per heavy atom. The average Bonchev–Trinajstić information content (AvgIpc) is 2.25. The van der Waals surface area contributed by atoms with Crippen molar-refractivity contribution in [3.8, 4) is 0 Å². The van der Waals surface area contributed by atoms with Gasteiger partial charge in [-0.15, -0.1) is 0 Å². The first kappa shape index (κ1) is 13.9. The minimum atomic E-state index is -0.296. The number of nitrogens with zero attached hydrogens (tertiary/aromatic N) is 1. The van der Waals surface area contributed by atoms with Crippen LogP contribution in [0.5, 0.6) is 0 Å². The van der Waals surface area contributed by atoms with Gasteiger partial charge < -0.3 is 15.7 Å². The van der Waals surface area contributed by atoms with E-state index in [1.807, 2.05) is 26.1 Å². The molecule has 3 nitrogen and oxygen atoms in total. The average molecular weight is 252 g/mol. The Balaban J connectivity index is 2.94. The Bertz CT molecular complexity index is 404. The SMILES string of the molecule is Cc1ccc(C(N)=S)c(N(C)CCC(C)O)c1. The van der Waals surface area contributed by atoms with Crippen LogP contribution in [0.4, 0.5) is 5.69 Å². The summed E-state index contributed by atoms with van der Waals surface area (Å²) in [5, 5.41) is 9.30. The molecule has 1 aromatic carbocycles. The van der Waals surface area contributed by atoms with Gasteiger partial charge in [0.15, 0.2) is 0 Å². The lowest BCUT2D eigenvalue weighted by atomic mass is 10.1. The van der Waals surface area contributed by atoms with Crippen molar-refractivity contribution in [2.24, 2.45) is 5.73 Å².